The molecule has 1 saturated carbocycles. The molecule has 0 aliphatic heterocycles. The topological polar surface area (TPSA) is 118 Å². The first-order valence-corrected chi connectivity index (χ1v) is 11.8. The first kappa shape index (κ1) is 22.1. The summed E-state index contributed by atoms with van der Waals surface area (Å²) in [5, 5.41) is 15.1. The van der Waals surface area contributed by atoms with Crippen molar-refractivity contribution >= 4 is 29.3 Å². The molecule has 0 atom stereocenters. The van der Waals surface area contributed by atoms with E-state index in [-0.39, 0.29) is 24.8 Å². The molecule has 1 heterocycles. The molecule has 0 spiro atoms. The van der Waals surface area contributed by atoms with Crippen LogP contribution in [0.2, 0.25) is 0 Å². The third-order valence-electron chi connectivity index (χ3n) is 6.30. The molecular formula is C25H23N3O5S. The Morgan fingerprint density at radius 1 is 1.09 bits per heavy atom. The first-order chi connectivity index (χ1) is 16.4. The van der Waals surface area contributed by atoms with Crippen LogP contribution in [-0.2, 0) is 16.1 Å². The van der Waals surface area contributed by atoms with E-state index in [1.807, 2.05) is 24.3 Å². The van der Waals surface area contributed by atoms with Crippen LogP contribution in [-0.4, -0.2) is 40.2 Å². The number of ether oxygens (including phenoxy) is 1. The van der Waals surface area contributed by atoms with Gasteiger partial charge in [-0.2, -0.15) is 0 Å². The Hall–Kier alpha value is -3.72. The van der Waals surface area contributed by atoms with Crippen molar-refractivity contribution in [2.24, 2.45) is 0 Å². The van der Waals surface area contributed by atoms with E-state index in [0.717, 1.165) is 22.3 Å². The van der Waals surface area contributed by atoms with Crippen LogP contribution < -0.4 is 10.6 Å². The van der Waals surface area contributed by atoms with E-state index in [1.54, 1.807) is 6.92 Å². The number of thiazole rings is 1. The Kier molecular flexibility index (Phi) is 5.57. The Labute approximate surface area is 200 Å². The van der Waals surface area contributed by atoms with Crippen LogP contribution in [0.25, 0.3) is 11.1 Å². The van der Waals surface area contributed by atoms with Crippen molar-refractivity contribution in [3.63, 3.8) is 0 Å². The number of amides is 2. The van der Waals surface area contributed by atoms with Gasteiger partial charge in [-0.25, -0.2) is 14.6 Å². The number of aryl methyl sites for hydroxylation is 1. The Morgan fingerprint density at radius 2 is 1.71 bits per heavy atom. The quantitative estimate of drug-likeness (QED) is 0.476. The molecule has 3 N–H and O–H groups in total. The number of carboxylic acid groups (broad SMARTS) is 1. The summed E-state index contributed by atoms with van der Waals surface area (Å²) in [6.07, 6.45) is 0.254. The molecule has 1 fully saturated rings. The largest absolute Gasteiger partial charge is 0.480 e. The molecule has 1 aromatic heterocycles. The summed E-state index contributed by atoms with van der Waals surface area (Å²) in [5.74, 6) is -1.58. The van der Waals surface area contributed by atoms with Gasteiger partial charge in [0, 0.05) is 10.8 Å². The molecule has 2 aliphatic rings. The number of aromatic nitrogens is 1. The fourth-order valence-corrected chi connectivity index (χ4v) is 5.20. The maximum Gasteiger partial charge on any atom is 0.407 e. The van der Waals surface area contributed by atoms with Gasteiger partial charge in [-0.3, -0.25) is 4.79 Å². The maximum atomic E-state index is 12.5. The van der Waals surface area contributed by atoms with Crippen molar-refractivity contribution in [2.45, 2.75) is 37.8 Å². The summed E-state index contributed by atoms with van der Waals surface area (Å²) < 4.78 is 5.53. The molecule has 34 heavy (non-hydrogen) atoms. The molecule has 0 unspecified atom stereocenters. The molecule has 2 aliphatic carbocycles. The third kappa shape index (κ3) is 4.03. The van der Waals surface area contributed by atoms with Gasteiger partial charge in [0.1, 0.15) is 22.8 Å². The number of carbonyl (C=O) groups is 3. The second-order valence-corrected chi connectivity index (χ2v) is 9.82. The zero-order chi connectivity index (χ0) is 23.9. The predicted molar refractivity (Wildman–Crippen MR) is 126 cm³/mol. The standard InChI is InChI=1S/C25H23N3O5S/c1-14-21(22(29)28-25(10-11-25)23(30)31)27-20(34-14)12-26-24(32)33-13-19-17-8-4-2-6-15(17)16-7-3-5-9-18(16)19/h2-9,19H,10-13H2,1H3,(H,26,32)(H,28,29)(H,30,31). The number of carboxylic acids is 1. The van der Waals surface area contributed by atoms with Crippen molar-refractivity contribution < 1.29 is 24.2 Å². The van der Waals surface area contributed by atoms with E-state index in [2.05, 4.69) is 39.9 Å². The number of hydrogen-bond acceptors (Lipinski definition) is 6. The lowest BCUT2D eigenvalue weighted by molar-refractivity contribution is -0.140. The van der Waals surface area contributed by atoms with Gasteiger partial charge in [0.2, 0.25) is 0 Å². The predicted octanol–water partition coefficient (Wildman–Crippen LogP) is 3.84. The molecule has 0 bridgehead atoms. The number of carbonyl (C=O) groups excluding carboxylic acids is 2. The van der Waals surface area contributed by atoms with E-state index in [0.29, 0.717) is 22.7 Å². The molecule has 174 valence electrons. The van der Waals surface area contributed by atoms with Gasteiger partial charge in [-0.15, -0.1) is 11.3 Å². The zero-order valence-electron chi connectivity index (χ0n) is 18.5. The fraction of sp³-hybridized carbons (Fsp3) is 0.280. The van der Waals surface area contributed by atoms with Crippen molar-refractivity contribution in [3.05, 3.63) is 75.2 Å². The van der Waals surface area contributed by atoms with Gasteiger partial charge < -0.3 is 20.5 Å². The minimum atomic E-state index is -1.17. The van der Waals surface area contributed by atoms with Crippen molar-refractivity contribution in [1.82, 2.24) is 15.6 Å². The van der Waals surface area contributed by atoms with Gasteiger partial charge >= 0.3 is 12.1 Å². The molecule has 3 aromatic rings. The number of benzene rings is 2. The van der Waals surface area contributed by atoms with Crippen LogP contribution >= 0.6 is 11.3 Å². The number of nitrogens with zero attached hydrogens (tertiary/aromatic N) is 1. The minimum Gasteiger partial charge on any atom is -0.480 e. The van der Waals surface area contributed by atoms with Crippen molar-refractivity contribution in [2.75, 3.05) is 6.61 Å². The SMILES string of the molecule is Cc1sc(CNC(=O)OCC2c3ccccc3-c3ccccc32)nc1C(=O)NC1(C(=O)O)CC1. The number of hydrogen-bond donors (Lipinski definition) is 3. The maximum absolute atomic E-state index is 12.5. The number of fused-ring (bicyclic) bond motifs is 3. The van der Waals surface area contributed by atoms with Gasteiger partial charge in [-0.1, -0.05) is 48.5 Å². The van der Waals surface area contributed by atoms with E-state index in [4.69, 9.17) is 4.74 Å². The normalized spacial score (nSPS) is 15.2. The zero-order valence-corrected chi connectivity index (χ0v) is 19.3. The molecule has 0 radical (unpaired) electrons. The van der Waals surface area contributed by atoms with Crippen LogP contribution in [0.1, 0.15) is 50.3 Å². The average molecular weight is 478 g/mol. The summed E-state index contributed by atoms with van der Waals surface area (Å²) in [5.41, 5.74) is 3.60. The number of aliphatic carboxylic acids is 1. The molecule has 0 saturated heterocycles. The highest BCUT2D eigenvalue weighted by Crippen LogP contribution is 2.44. The van der Waals surface area contributed by atoms with Crippen LogP contribution in [0.4, 0.5) is 4.79 Å². The first-order valence-electron chi connectivity index (χ1n) is 11.0. The van der Waals surface area contributed by atoms with Crippen LogP contribution in [0.3, 0.4) is 0 Å². The van der Waals surface area contributed by atoms with E-state index < -0.39 is 23.5 Å². The van der Waals surface area contributed by atoms with Crippen molar-refractivity contribution in [1.29, 1.82) is 0 Å². The number of rotatable bonds is 7. The van der Waals surface area contributed by atoms with E-state index in [1.165, 1.54) is 11.3 Å². The lowest BCUT2D eigenvalue weighted by Crippen LogP contribution is -2.43. The van der Waals surface area contributed by atoms with Gasteiger partial charge in [0.15, 0.2) is 0 Å². The summed E-state index contributed by atoms with van der Waals surface area (Å²) in [4.78, 5) is 41.1. The highest BCUT2D eigenvalue weighted by Gasteiger charge is 2.52. The van der Waals surface area contributed by atoms with Gasteiger partial charge in [0.05, 0.1) is 6.54 Å². The second-order valence-electron chi connectivity index (χ2n) is 8.53. The molecule has 9 heteroatoms. The highest BCUT2D eigenvalue weighted by atomic mass is 32.1. The monoisotopic (exact) mass is 477 g/mol. The van der Waals surface area contributed by atoms with Crippen LogP contribution in [0.15, 0.2) is 48.5 Å². The summed E-state index contributed by atoms with van der Waals surface area (Å²) in [6.45, 7) is 2.06. The van der Waals surface area contributed by atoms with Gasteiger partial charge in [-0.05, 0) is 42.0 Å². The minimum absolute atomic E-state index is 0.0282. The lowest BCUT2D eigenvalue weighted by Gasteiger charge is -2.14. The number of alkyl carbamates (subject to hydrolysis) is 1. The Morgan fingerprint density at radius 3 is 2.29 bits per heavy atom. The van der Waals surface area contributed by atoms with Gasteiger partial charge in [0.25, 0.3) is 5.91 Å². The molecule has 8 nitrogen and oxygen atoms in total. The van der Waals surface area contributed by atoms with Crippen LogP contribution in [0.5, 0.6) is 0 Å². The Bertz CT molecular complexity index is 1250. The summed E-state index contributed by atoms with van der Waals surface area (Å²) >= 11 is 1.27. The van der Waals surface area contributed by atoms with E-state index in [9.17, 15) is 19.5 Å². The average Bonchev–Trinajstić information content (AvgIpc) is 3.42. The highest BCUT2D eigenvalue weighted by molar-refractivity contribution is 7.11. The molecular weight excluding hydrogens is 454 g/mol. The fourth-order valence-electron chi connectivity index (χ4n) is 4.33. The summed E-state index contributed by atoms with van der Waals surface area (Å²) in [7, 11) is 0. The lowest BCUT2D eigenvalue weighted by atomic mass is 9.98. The molecule has 2 aromatic carbocycles. The molecule has 2 amide bonds. The number of nitrogens with one attached hydrogen (secondary N) is 2. The van der Waals surface area contributed by atoms with Crippen molar-refractivity contribution in [3.8, 4) is 11.1 Å². The summed E-state index contributed by atoms with van der Waals surface area (Å²) in [6, 6.07) is 16.2. The Balaban J connectivity index is 1.18. The second kappa shape index (κ2) is 8.57. The van der Waals surface area contributed by atoms with E-state index >= 15 is 0 Å². The molecule has 5 rings (SSSR count). The van der Waals surface area contributed by atoms with Crippen LogP contribution in [0, 0.1) is 6.92 Å². The smallest absolute Gasteiger partial charge is 0.407 e. The third-order valence-corrected chi connectivity index (χ3v) is 7.27.